The van der Waals surface area contributed by atoms with Gasteiger partial charge in [-0.3, -0.25) is 0 Å². The molecule has 1 unspecified atom stereocenters. The second kappa shape index (κ2) is 9.62. The molecule has 2 aromatic rings. The highest BCUT2D eigenvalue weighted by molar-refractivity contribution is 6.32. The summed E-state index contributed by atoms with van der Waals surface area (Å²) in [7, 11) is 1.45. The fourth-order valence-corrected chi connectivity index (χ4v) is 3.75. The van der Waals surface area contributed by atoms with Crippen molar-refractivity contribution in [1.29, 1.82) is 5.26 Å². The van der Waals surface area contributed by atoms with Gasteiger partial charge in [0, 0.05) is 5.56 Å². The van der Waals surface area contributed by atoms with Crippen molar-refractivity contribution in [2.75, 3.05) is 13.7 Å². The van der Waals surface area contributed by atoms with Crippen LogP contribution >= 0.6 is 11.6 Å². The number of carbonyl (C=O) groups is 1. The van der Waals surface area contributed by atoms with Gasteiger partial charge in [-0.1, -0.05) is 23.7 Å². The van der Waals surface area contributed by atoms with E-state index >= 15 is 0 Å². The Bertz CT molecular complexity index is 1230. The van der Waals surface area contributed by atoms with Crippen LogP contribution in [-0.4, -0.2) is 34.4 Å². The summed E-state index contributed by atoms with van der Waals surface area (Å²) in [6.45, 7) is 3.52. The van der Waals surface area contributed by atoms with Crippen LogP contribution < -0.4 is 10.5 Å². The minimum Gasteiger partial charge on any atom is -0.496 e. The molecule has 2 heterocycles. The van der Waals surface area contributed by atoms with Crippen molar-refractivity contribution < 1.29 is 23.9 Å². The van der Waals surface area contributed by atoms with Gasteiger partial charge in [-0.25, -0.2) is 4.79 Å². The molecular weight excluding hydrogens is 454 g/mol. The number of allylic oxidation sites excluding steroid dienone is 2. The summed E-state index contributed by atoms with van der Waals surface area (Å²) in [6.07, 6.45) is 1.34. The van der Waals surface area contributed by atoms with Crippen LogP contribution in [0.25, 0.3) is 0 Å². The van der Waals surface area contributed by atoms with Crippen molar-refractivity contribution in [1.82, 2.24) is 9.78 Å². The molecule has 11 nitrogen and oxygen atoms in total. The molecule has 1 atom stereocenters. The average molecular weight is 474 g/mol. The first-order chi connectivity index (χ1) is 15.7. The molecule has 33 heavy (non-hydrogen) atoms. The molecule has 2 N–H and O–H groups in total. The molecule has 0 radical (unpaired) electrons. The molecule has 0 bridgehead atoms. The molecule has 1 aromatic heterocycles. The third kappa shape index (κ3) is 4.61. The molecule has 0 saturated heterocycles. The van der Waals surface area contributed by atoms with Gasteiger partial charge in [0.25, 0.3) is 0 Å². The van der Waals surface area contributed by atoms with E-state index in [1.54, 1.807) is 32.0 Å². The number of aromatic nitrogens is 2. The summed E-state index contributed by atoms with van der Waals surface area (Å²) in [5.74, 6) is -1.36. The van der Waals surface area contributed by atoms with Crippen LogP contribution in [0.15, 0.2) is 47.2 Å². The monoisotopic (exact) mass is 473 g/mol. The maximum Gasteiger partial charge on any atom is 0.408 e. The standard InChI is InChI=1S/C21H20ClN5O6/c1-4-32-21(28)17-11(2)33-19(24)14(8-23)18(17)12-5-6-13(16(7-12)31-3)9-26-10-15(22)20(25-26)27(29)30/h5-7,10,18H,4,9,24H2,1-3H3. The van der Waals surface area contributed by atoms with Gasteiger partial charge < -0.3 is 30.1 Å². The van der Waals surface area contributed by atoms with Crippen LogP contribution in [0, 0.1) is 21.4 Å². The Kier molecular flexibility index (Phi) is 6.89. The van der Waals surface area contributed by atoms with Crippen molar-refractivity contribution in [3.63, 3.8) is 0 Å². The summed E-state index contributed by atoms with van der Waals surface area (Å²) in [5, 5.41) is 24.5. The minimum atomic E-state index is -0.828. The zero-order chi connectivity index (χ0) is 24.3. The largest absolute Gasteiger partial charge is 0.496 e. The molecule has 1 aliphatic heterocycles. The lowest BCUT2D eigenvalue weighted by molar-refractivity contribution is -0.389. The number of benzene rings is 1. The number of hydrogen-bond acceptors (Lipinski definition) is 9. The van der Waals surface area contributed by atoms with Gasteiger partial charge in [0.05, 0.1) is 43.0 Å². The fraction of sp³-hybridized carbons (Fsp3) is 0.286. The lowest BCUT2D eigenvalue weighted by atomic mass is 9.82. The Balaban J connectivity index is 2.05. The maximum atomic E-state index is 12.7. The SMILES string of the molecule is CCOC(=O)C1=C(C)OC(N)=C(C#N)C1c1ccc(Cn2cc(Cl)c([N+](=O)[O-])n2)c(OC)c1. The average Bonchev–Trinajstić information content (AvgIpc) is 3.14. The van der Waals surface area contributed by atoms with Gasteiger partial charge in [-0.2, -0.15) is 9.94 Å². The van der Waals surface area contributed by atoms with Crippen molar-refractivity contribution in [2.24, 2.45) is 5.73 Å². The summed E-state index contributed by atoms with van der Waals surface area (Å²) in [4.78, 5) is 23.0. The molecule has 0 spiro atoms. The van der Waals surface area contributed by atoms with Gasteiger partial charge >= 0.3 is 11.8 Å². The van der Waals surface area contributed by atoms with E-state index < -0.39 is 22.6 Å². The third-order valence-corrected chi connectivity index (χ3v) is 5.22. The predicted molar refractivity (Wildman–Crippen MR) is 116 cm³/mol. The van der Waals surface area contributed by atoms with E-state index in [0.29, 0.717) is 16.9 Å². The zero-order valence-electron chi connectivity index (χ0n) is 18.0. The van der Waals surface area contributed by atoms with Gasteiger partial charge in [-0.15, -0.1) is 0 Å². The first kappa shape index (κ1) is 23.6. The lowest BCUT2D eigenvalue weighted by Gasteiger charge is -2.27. The van der Waals surface area contributed by atoms with E-state index in [4.69, 9.17) is 31.5 Å². The van der Waals surface area contributed by atoms with E-state index in [1.807, 2.05) is 6.07 Å². The molecule has 3 rings (SSSR count). The van der Waals surface area contributed by atoms with E-state index in [9.17, 15) is 20.2 Å². The van der Waals surface area contributed by atoms with E-state index in [1.165, 1.54) is 18.0 Å². The number of carbonyl (C=O) groups excluding carboxylic acids is 1. The summed E-state index contributed by atoms with van der Waals surface area (Å²) >= 11 is 5.87. The predicted octanol–water partition coefficient (Wildman–Crippen LogP) is 3.15. The molecule has 12 heteroatoms. The number of hydrogen-bond donors (Lipinski definition) is 1. The van der Waals surface area contributed by atoms with Gasteiger partial charge in [-0.05, 0) is 30.4 Å². The topological polar surface area (TPSA) is 156 Å². The zero-order valence-corrected chi connectivity index (χ0v) is 18.8. The first-order valence-corrected chi connectivity index (χ1v) is 10.1. The first-order valence-electron chi connectivity index (χ1n) is 9.71. The van der Waals surface area contributed by atoms with Gasteiger partial charge in [0.2, 0.25) is 5.88 Å². The fourth-order valence-electron chi connectivity index (χ4n) is 3.53. The van der Waals surface area contributed by atoms with E-state index in [2.05, 4.69) is 5.10 Å². The Morgan fingerprint density at radius 1 is 1.48 bits per heavy atom. The number of nitro groups is 1. The van der Waals surface area contributed by atoms with Crippen molar-refractivity contribution >= 4 is 23.4 Å². The van der Waals surface area contributed by atoms with Crippen LogP contribution in [0.5, 0.6) is 5.75 Å². The van der Waals surface area contributed by atoms with Crippen LogP contribution in [-0.2, 0) is 20.8 Å². The van der Waals surface area contributed by atoms with Crippen molar-refractivity contribution in [3.05, 3.63) is 73.4 Å². The summed E-state index contributed by atoms with van der Waals surface area (Å²) in [5.41, 5.74) is 7.33. The second-order valence-corrected chi connectivity index (χ2v) is 7.35. The highest BCUT2D eigenvalue weighted by Gasteiger charge is 2.36. The summed E-state index contributed by atoms with van der Waals surface area (Å²) < 4.78 is 17.4. The number of rotatable bonds is 7. The van der Waals surface area contributed by atoms with E-state index in [0.717, 1.165) is 0 Å². The quantitative estimate of drug-likeness (QED) is 0.362. The molecule has 0 fully saturated rings. The molecule has 0 amide bonds. The highest BCUT2D eigenvalue weighted by Crippen LogP contribution is 2.41. The number of esters is 1. The van der Waals surface area contributed by atoms with Crippen LogP contribution in [0.3, 0.4) is 0 Å². The molecule has 1 aromatic carbocycles. The molecule has 1 aliphatic rings. The molecule has 172 valence electrons. The van der Waals surface area contributed by atoms with E-state index in [-0.39, 0.29) is 41.0 Å². The lowest BCUT2D eigenvalue weighted by Crippen LogP contribution is -2.25. The van der Waals surface area contributed by atoms with Crippen LogP contribution in [0.2, 0.25) is 5.02 Å². The Hall–Kier alpha value is -4.04. The molecule has 0 aliphatic carbocycles. The van der Waals surface area contributed by atoms with Gasteiger partial charge in [0.1, 0.15) is 23.2 Å². The van der Waals surface area contributed by atoms with Crippen LogP contribution in [0.4, 0.5) is 5.82 Å². The number of nitriles is 1. The number of nitrogens with zero attached hydrogens (tertiary/aromatic N) is 4. The van der Waals surface area contributed by atoms with Crippen molar-refractivity contribution in [2.45, 2.75) is 26.3 Å². The molecule has 0 saturated carbocycles. The highest BCUT2D eigenvalue weighted by atomic mass is 35.5. The van der Waals surface area contributed by atoms with Crippen LogP contribution in [0.1, 0.15) is 30.9 Å². The summed E-state index contributed by atoms with van der Waals surface area (Å²) in [6, 6.07) is 7.07. The Morgan fingerprint density at radius 2 is 2.21 bits per heavy atom. The third-order valence-electron chi connectivity index (χ3n) is 4.95. The molecular formula is C21H20ClN5O6. The Morgan fingerprint density at radius 3 is 2.79 bits per heavy atom. The number of halogens is 1. The number of ether oxygens (including phenoxy) is 3. The normalized spacial score (nSPS) is 15.7. The minimum absolute atomic E-state index is 0.0629. The smallest absolute Gasteiger partial charge is 0.408 e. The van der Waals surface area contributed by atoms with Gasteiger partial charge in [0.15, 0.2) is 5.02 Å². The second-order valence-electron chi connectivity index (χ2n) is 6.94. The van der Waals surface area contributed by atoms with Crippen molar-refractivity contribution in [3.8, 4) is 11.8 Å². The number of methoxy groups -OCH3 is 1. The Labute approximate surface area is 193 Å². The maximum absolute atomic E-state index is 12.7. The number of nitrogens with two attached hydrogens (primary N) is 1.